The van der Waals surface area contributed by atoms with Crippen LogP contribution in [-0.4, -0.2) is 27.6 Å². The van der Waals surface area contributed by atoms with Gasteiger partial charge in [0.1, 0.15) is 4.32 Å². The predicted molar refractivity (Wildman–Crippen MR) is 139 cm³/mol. The Kier molecular flexibility index (Phi) is 7.19. The second kappa shape index (κ2) is 10.3. The van der Waals surface area contributed by atoms with Gasteiger partial charge in [0, 0.05) is 23.1 Å². The topological polar surface area (TPSA) is 49.4 Å². The minimum absolute atomic E-state index is 0.164. The van der Waals surface area contributed by atoms with Crippen molar-refractivity contribution in [3.63, 3.8) is 0 Å². The highest BCUT2D eigenvalue weighted by atomic mass is 79.9. The molecule has 2 amide bonds. The molecular formula is C25H19BrN2O2S2. The number of hydrogen-bond acceptors (Lipinski definition) is 4. The molecule has 0 aliphatic carbocycles. The molecule has 3 aromatic carbocycles. The van der Waals surface area contributed by atoms with Gasteiger partial charge in [-0.2, -0.15) is 0 Å². The number of anilines is 1. The zero-order valence-corrected chi connectivity index (χ0v) is 20.2. The van der Waals surface area contributed by atoms with Crippen LogP contribution in [0.15, 0.2) is 88.2 Å². The molecule has 0 unspecified atom stereocenters. The number of thioether (sulfide) groups is 1. The van der Waals surface area contributed by atoms with Crippen molar-refractivity contribution in [2.45, 2.75) is 6.42 Å². The molecular weight excluding hydrogens is 504 g/mol. The van der Waals surface area contributed by atoms with Gasteiger partial charge >= 0.3 is 0 Å². The van der Waals surface area contributed by atoms with Gasteiger partial charge in [-0.1, -0.05) is 94.5 Å². The average molecular weight is 523 g/mol. The Labute approximate surface area is 204 Å². The molecule has 1 aliphatic rings. The molecule has 3 aromatic rings. The van der Waals surface area contributed by atoms with E-state index in [0.29, 0.717) is 9.23 Å². The Morgan fingerprint density at radius 1 is 1.00 bits per heavy atom. The minimum Gasteiger partial charge on any atom is -0.326 e. The van der Waals surface area contributed by atoms with Crippen LogP contribution in [0.5, 0.6) is 0 Å². The number of nitrogens with zero attached hydrogens (tertiary/aromatic N) is 1. The molecule has 160 valence electrons. The third-order valence-corrected chi connectivity index (χ3v) is 6.73. The standard InChI is InChI=1S/C25H19BrN2O2S2/c26-20-8-4-5-17(15-20)16-22-24(30)28(25(31)32-22)14-13-23(29)27-21-11-9-19(10-12-21)18-6-2-1-3-7-18/h1-12,15-16H,13-14H2,(H,27,29)/b22-16+. The number of benzene rings is 3. The average Bonchev–Trinajstić information content (AvgIpc) is 3.05. The van der Waals surface area contributed by atoms with E-state index in [9.17, 15) is 9.59 Å². The number of nitrogens with one attached hydrogen (secondary N) is 1. The highest BCUT2D eigenvalue weighted by Gasteiger charge is 2.32. The fourth-order valence-electron chi connectivity index (χ4n) is 3.25. The lowest BCUT2D eigenvalue weighted by atomic mass is 10.1. The number of rotatable bonds is 6. The lowest BCUT2D eigenvalue weighted by Crippen LogP contribution is -2.31. The largest absolute Gasteiger partial charge is 0.326 e. The predicted octanol–water partition coefficient (Wildman–Crippen LogP) is 6.35. The van der Waals surface area contributed by atoms with Crippen molar-refractivity contribution in [3.8, 4) is 11.1 Å². The third kappa shape index (κ3) is 5.54. The molecule has 0 saturated carbocycles. The molecule has 1 saturated heterocycles. The quantitative estimate of drug-likeness (QED) is 0.302. The van der Waals surface area contributed by atoms with Gasteiger partial charge in [-0.15, -0.1) is 0 Å². The third-order valence-electron chi connectivity index (χ3n) is 4.86. The molecule has 4 rings (SSSR count). The van der Waals surface area contributed by atoms with Crippen LogP contribution in [0.25, 0.3) is 17.2 Å². The maximum Gasteiger partial charge on any atom is 0.266 e. The number of hydrogen-bond donors (Lipinski definition) is 1. The Morgan fingerprint density at radius 2 is 1.72 bits per heavy atom. The normalized spacial score (nSPS) is 14.8. The molecule has 1 aliphatic heterocycles. The number of thiocarbonyl (C=S) groups is 1. The van der Waals surface area contributed by atoms with Crippen molar-refractivity contribution in [2.75, 3.05) is 11.9 Å². The summed E-state index contributed by atoms with van der Waals surface area (Å²) in [6, 6.07) is 25.4. The van der Waals surface area contributed by atoms with E-state index in [1.807, 2.05) is 84.9 Å². The van der Waals surface area contributed by atoms with Crippen molar-refractivity contribution in [3.05, 3.63) is 93.8 Å². The molecule has 1 heterocycles. The second-order valence-electron chi connectivity index (χ2n) is 7.13. The van der Waals surface area contributed by atoms with Crippen LogP contribution in [-0.2, 0) is 9.59 Å². The van der Waals surface area contributed by atoms with Crippen molar-refractivity contribution in [1.82, 2.24) is 4.90 Å². The van der Waals surface area contributed by atoms with Gasteiger partial charge < -0.3 is 5.32 Å². The summed E-state index contributed by atoms with van der Waals surface area (Å²) in [6.45, 7) is 0.244. The fraction of sp³-hybridized carbons (Fsp3) is 0.0800. The van der Waals surface area contributed by atoms with E-state index in [4.69, 9.17) is 12.2 Å². The molecule has 0 bridgehead atoms. The first kappa shape index (κ1) is 22.5. The van der Waals surface area contributed by atoms with Crippen LogP contribution >= 0.6 is 39.9 Å². The lowest BCUT2D eigenvalue weighted by molar-refractivity contribution is -0.122. The first-order chi connectivity index (χ1) is 15.5. The van der Waals surface area contributed by atoms with Crippen molar-refractivity contribution in [2.24, 2.45) is 0 Å². The minimum atomic E-state index is -0.167. The SMILES string of the molecule is O=C(CCN1C(=O)/C(=C\c2cccc(Br)c2)SC1=S)Nc1ccc(-c2ccccc2)cc1. The van der Waals surface area contributed by atoms with E-state index in [1.54, 1.807) is 0 Å². The molecule has 7 heteroatoms. The van der Waals surface area contributed by atoms with E-state index in [0.717, 1.165) is 26.9 Å². The van der Waals surface area contributed by atoms with Crippen molar-refractivity contribution >= 4 is 67.8 Å². The van der Waals surface area contributed by atoms with Gasteiger partial charge in [0.25, 0.3) is 5.91 Å². The van der Waals surface area contributed by atoms with E-state index < -0.39 is 0 Å². The van der Waals surface area contributed by atoms with E-state index >= 15 is 0 Å². The van der Waals surface area contributed by atoms with Gasteiger partial charge in [-0.05, 0) is 47.0 Å². The summed E-state index contributed by atoms with van der Waals surface area (Å²) in [5, 5.41) is 2.88. The number of halogens is 1. The molecule has 4 nitrogen and oxygen atoms in total. The zero-order valence-electron chi connectivity index (χ0n) is 17.0. The van der Waals surface area contributed by atoms with Crippen molar-refractivity contribution < 1.29 is 9.59 Å². The molecule has 1 fully saturated rings. The van der Waals surface area contributed by atoms with Crippen LogP contribution in [0.3, 0.4) is 0 Å². The maximum atomic E-state index is 12.8. The Balaban J connectivity index is 1.33. The Hall–Kier alpha value is -2.74. The van der Waals surface area contributed by atoms with Gasteiger partial charge in [0.2, 0.25) is 5.91 Å². The number of carbonyl (C=O) groups is 2. The number of carbonyl (C=O) groups excluding carboxylic acids is 2. The van der Waals surface area contributed by atoms with Crippen LogP contribution in [0.4, 0.5) is 5.69 Å². The second-order valence-corrected chi connectivity index (χ2v) is 9.72. The molecule has 0 aromatic heterocycles. The number of amides is 2. The van der Waals surface area contributed by atoms with E-state index in [2.05, 4.69) is 21.2 Å². The van der Waals surface area contributed by atoms with Crippen LogP contribution in [0.2, 0.25) is 0 Å². The summed E-state index contributed by atoms with van der Waals surface area (Å²) in [6.07, 6.45) is 1.98. The van der Waals surface area contributed by atoms with Crippen molar-refractivity contribution in [1.29, 1.82) is 0 Å². The van der Waals surface area contributed by atoms with Gasteiger partial charge in [-0.25, -0.2) is 0 Å². The summed E-state index contributed by atoms with van der Waals surface area (Å²) >= 11 is 10.1. The van der Waals surface area contributed by atoms with Crippen LogP contribution < -0.4 is 5.32 Å². The molecule has 0 spiro atoms. The summed E-state index contributed by atoms with van der Waals surface area (Å²) in [7, 11) is 0. The molecule has 32 heavy (non-hydrogen) atoms. The van der Waals surface area contributed by atoms with Crippen LogP contribution in [0.1, 0.15) is 12.0 Å². The molecule has 1 N–H and O–H groups in total. The monoisotopic (exact) mass is 522 g/mol. The first-order valence-electron chi connectivity index (χ1n) is 9.96. The Morgan fingerprint density at radius 3 is 2.44 bits per heavy atom. The van der Waals surface area contributed by atoms with Gasteiger partial charge in [0.15, 0.2) is 0 Å². The van der Waals surface area contributed by atoms with Gasteiger partial charge in [-0.3, -0.25) is 14.5 Å². The van der Waals surface area contributed by atoms with Crippen LogP contribution in [0, 0.1) is 0 Å². The summed E-state index contributed by atoms with van der Waals surface area (Å²) < 4.78 is 1.41. The zero-order chi connectivity index (χ0) is 22.5. The van der Waals surface area contributed by atoms with E-state index in [1.165, 1.54) is 16.7 Å². The maximum absolute atomic E-state index is 12.8. The smallest absolute Gasteiger partial charge is 0.266 e. The van der Waals surface area contributed by atoms with E-state index in [-0.39, 0.29) is 24.8 Å². The Bertz CT molecular complexity index is 1190. The first-order valence-corrected chi connectivity index (χ1v) is 12.0. The summed E-state index contributed by atoms with van der Waals surface area (Å²) in [5.74, 6) is -0.331. The highest BCUT2D eigenvalue weighted by molar-refractivity contribution is 9.10. The summed E-state index contributed by atoms with van der Waals surface area (Å²) in [5.41, 5.74) is 3.83. The lowest BCUT2D eigenvalue weighted by Gasteiger charge is -2.14. The van der Waals surface area contributed by atoms with Gasteiger partial charge in [0.05, 0.1) is 4.91 Å². The molecule has 0 radical (unpaired) electrons. The fourth-order valence-corrected chi connectivity index (χ4v) is 4.98. The highest BCUT2D eigenvalue weighted by Crippen LogP contribution is 2.33. The summed E-state index contributed by atoms with van der Waals surface area (Å²) in [4.78, 5) is 27.2. The molecule has 0 atom stereocenters.